The summed E-state index contributed by atoms with van der Waals surface area (Å²) in [5.74, 6) is -0.375. The molecule has 31 heavy (non-hydrogen) atoms. The Labute approximate surface area is 184 Å². The molecule has 0 bridgehead atoms. The number of carbonyl (C=O) groups is 1. The van der Waals surface area contributed by atoms with Crippen LogP contribution in [0.1, 0.15) is 44.0 Å². The van der Waals surface area contributed by atoms with Gasteiger partial charge in [0.25, 0.3) is 0 Å². The van der Waals surface area contributed by atoms with Crippen LogP contribution in [0.25, 0.3) is 22.6 Å². The van der Waals surface area contributed by atoms with Crippen molar-refractivity contribution in [3.05, 3.63) is 98.9 Å². The SMILES string of the molecule is N#Cc1ccccc1COC(=O)c1c2c(nc3ccccc13)C(=Cc1cccs1)CC2. The number of fused-ring (bicyclic) bond motifs is 2. The fourth-order valence-corrected chi connectivity index (χ4v) is 4.71. The minimum Gasteiger partial charge on any atom is -0.457 e. The van der Waals surface area contributed by atoms with Gasteiger partial charge in [0.1, 0.15) is 6.61 Å². The number of hydrogen-bond donors (Lipinski definition) is 0. The Morgan fingerprint density at radius 2 is 1.94 bits per heavy atom. The third-order valence-electron chi connectivity index (χ3n) is 5.50. The summed E-state index contributed by atoms with van der Waals surface area (Å²) in [6.07, 6.45) is 3.76. The Morgan fingerprint density at radius 3 is 2.77 bits per heavy atom. The number of nitrogens with zero attached hydrogens (tertiary/aromatic N) is 2. The van der Waals surface area contributed by atoms with Crippen LogP contribution in [0.2, 0.25) is 0 Å². The number of esters is 1. The van der Waals surface area contributed by atoms with E-state index in [4.69, 9.17) is 9.72 Å². The van der Waals surface area contributed by atoms with Gasteiger partial charge in [0, 0.05) is 15.8 Å². The van der Waals surface area contributed by atoms with Crippen LogP contribution in [-0.2, 0) is 17.8 Å². The molecule has 0 fully saturated rings. The average Bonchev–Trinajstić information content (AvgIpc) is 3.46. The lowest BCUT2D eigenvalue weighted by Crippen LogP contribution is -2.11. The number of aromatic nitrogens is 1. The van der Waals surface area contributed by atoms with Gasteiger partial charge in [-0.3, -0.25) is 0 Å². The lowest BCUT2D eigenvalue weighted by atomic mass is 10.0. The minimum atomic E-state index is -0.375. The molecular formula is C26H18N2O2S. The summed E-state index contributed by atoms with van der Waals surface area (Å²) in [5.41, 5.74) is 5.56. The van der Waals surface area contributed by atoms with Crippen LogP contribution in [0.5, 0.6) is 0 Å². The Kier molecular flexibility index (Phi) is 5.07. The minimum absolute atomic E-state index is 0.0614. The molecule has 0 radical (unpaired) electrons. The van der Waals surface area contributed by atoms with E-state index >= 15 is 0 Å². The van der Waals surface area contributed by atoms with Gasteiger partial charge in [-0.15, -0.1) is 11.3 Å². The molecule has 0 amide bonds. The largest absolute Gasteiger partial charge is 0.457 e. The molecule has 4 nitrogen and oxygen atoms in total. The zero-order chi connectivity index (χ0) is 21.2. The highest BCUT2D eigenvalue weighted by molar-refractivity contribution is 7.10. The van der Waals surface area contributed by atoms with Crippen molar-refractivity contribution < 1.29 is 9.53 Å². The second-order valence-electron chi connectivity index (χ2n) is 7.36. The van der Waals surface area contributed by atoms with Crippen molar-refractivity contribution in [1.82, 2.24) is 4.98 Å². The van der Waals surface area contributed by atoms with Gasteiger partial charge in [-0.25, -0.2) is 9.78 Å². The first-order valence-corrected chi connectivity index (χ1v) is 10.9. The molecule has 150 valence electrons. The number of pyridine rings is 1. The van der Waals surface area contributed by atoms with E-state index in [1.165, 1.54) is 4.88 Å². The van der Waals surface area contributed by atoms with Crippen LogP contribution >= 0.6 is 11.3 Å². The first-order chi connectivity index (χ1) is 15.2. The zero-order valence-corrected chi connectivity index (χ0v) is 17.5. The van der Waals surface area contributed by atoms with Gasteiger partial charge in [0.15, 0.2) is 0 Å². The predicted octanol–water partition coefficient (Wildman–Crippen LogP) is 6.01. The van der Waals surface area contributed by atoms with E-state index in [0.29, 0.717) is 16.7 Å². The van der Waals surface area contributed by atoms with Crippen molar-refractivity contribution in [1.29, 1.82) is 5.26 Å². The van der Waals surface area contributed by atoms with E-state index in [1.54, 1.807) is 23.5 Å². The van der Waals surface area contributed by atoms with Gasteiger partial charge in [-0.05, 0) is 53.6 Å². The molecule has 0 saturated heterocycles. The molecule has 0 saturated carbocycles. The lowest BCUT2D eigenvalue weighted by Gasteiger charge is -2.13. The van der Waals surface area contributed by atoms with Crippen molar-refractivity contribution in [2.45, 2.75) is 19.4 Å². The van der Waals surface area contributed by atoms with Gasteiger partial charge in [-0.1, -0.05) is 42.5 Å². The maximum atomic E-state index is 13.3. The second kappa shape index (κ2) is 8.17. The molecule has 0 atom stereocenters. The summed E-state index contributed by atoms with van der Waals surface area (Å²) < 4.78 is 5.70. The van der Waals surface area contributed by atoms with Crippen molar-refractivity contribution in [3.63, 3.8) is 0 Å². The first kappa shape index (κ1) is 19.2. The van der Waals surface area contributed by atoms with Crippen molar-refractivity contribution in [3.8, 4) is 6.07 Å². The molecule has 1 aliphatic rings. The lowest BCUT2D eigenvalue weighted by molar-refractivity contribution is 0.0473. The molecule has 0 aliphatic heterocycles. The van der Waals surface area contributed by atoms with Crippen molar-refractivity contribution >= 4 is 39.9 Å². The van der Waals surface area contributed by atoms with Crippen LogP contribution in [-0.4, -0.2) is 11.0 Å². The molecule has 2 aromatic carbocycles. The molecule has 0 spiro atoms. The highest BCUT2D eigenvalue weighted by Crippen LogP contribution is 2.38. The average molecular weight is 423 g/mol. The quantitative estimate of drug-likeness (QED) is 0.378. The van der Waals surface area contributed by atoms with E-state index in [1.807, 2.05) is 42.5 Å². The van der Waals surface area contributed by atoms with Crippen molar-refractivity contribution in [2.75, 3.05) is 0 Å². The Bertz CT molecular complexity index is 1360. The number of hydrogen-bond acceptors (Lipinski definition) is 5. The molecule has 4 aromatic rings. The number of rotatable bonds is 4. The van der Waals surface area contributed by atoms with Crippen LogP contribution in [0.3, 0.4) is 0 Å². The normalized spacial score (nSPS) is 13.8. The summed E-state index contributed by atoms with van der Waals surface area (Å²) in [6, 6.07) is 21.1. The third-order valence-corrected chi connectivity index (χ3v) is 6.32. The first-order valence-electron chi connectivity index (χ1n) is 10.1. The summed E-state index contributed by atoms with van der Waals surface area (Å²) in [4.78, 5) is 19.3. The highest BCUT2D eigenvalue weighted by atomic mass is 32.1. The topological polar surface area (TPSA) is 63.0 Å². The van der Waals surface area contributed by atoms with Crippen LogP contribution in [0.4, 0.5) is 0 Å². The van der Waals surface area contributed by atoms with Gasteiger partial charge >= 0.3 is 5.97 Å². The van der Waals surface area contributed by atoms with Crippen molar-refractivity contribution in [2.24, 2.45) is 0 Å². The van der Waals surface area contributed by atoms with Gasteiger partial charge in [-0.2, -0.15) is 5.26 Å². The monoisotopic (exact) mass is 422 g/mol. The molecular weight excluding hydrogens is 404 g/mol. The van der Waals surface area contributed by atoms with Crippen LogP contribution < -0.4 is 0 Å². The smallest absolute Gasteiger partial charge is 0.339 e. The van der Waals surface area contributed by atoms with E-state index in [2.05, 4.69) is 23.6 Å². The Hall–Kier alpha value is -3.75. The number of thiophene rings is 1. The van der Waals surface area contributed by atoms with Gasteiger partial charge in [0.05, 0.1) is 28.4 Å². The Balaban J connectivity index is 1.55. The van der Waals surface area contributed by atoms with Gasteiger partial charge < -0.3 is 4.74 Å². The molecule has 2 aromatic heterocycles. The second-order valence-corrected chi connectivity index (χ2v) is 8.34. The zero-order valence-electron chi connectivity index (χ0n) is 16.7. The maximum absolute atomic E-state index is 13.3. The molecule has 5 heteroatoms. The van der Waals surface area contributed by atoms with E-state index in [-0.39, 0.29) is 12.6 Å². The Morgan fingerprint density at radius 1 is 1.10 bits per heavy atom. The molecule has 0 unspecified atom stereocenters. The number of benzene rings is 2. The fourth-order valence-electron chi connectivity index (χ4n) is 4.03. The number of carbonyl (C=O) groups excluding carboxylic acids is 1. The van der Waals surface area contributed by atoms with E-state index in [0.717, 1.165) is 40.6 Å². The van der Waals surface area contributed by atoms with Crippen LogP contribution in [0, 0.1) is 11.3 Å². The summed E-state index contributed by atoms with van der Waals surface area (Å²) in [7, 11) is 0. The summed E-state index contributed by atoms with van der Waals surface area (Å²) in [6.45, 7) is 0.0614. The molecule has 5 rings (SSSR count). The summed E-state index contributed by atoms with van der Waals surface area (Å²) >= 11 is 1.69. The molecule has 0 N–H and O–H groups in total. The number of ether oxygens (including phenoxy) is 1. The summed E-state index contributed by atoms with van der Waals surface area (Å²) in [5, 5.41) is 12.2. The third kappa shape index (κ3) is 3.63. The van der Waals surface area contributed by atoms with Crippen LogP contribution in [0.15, 0.2) is 66.0 Å². The predicted molar refractivity (Wildman–Crippen MR) is 123 cm³/mol. The maximum Gasteiger partial charge on any atom is 0.339 e. The highest BCUT2D eigenvalue weighted by Gasteiger charge is 2.27. The molecule has 1 aliphatic carbocycles. The standard InChI is InChI=1S/C26H18N2O2S/c27-15-18-6-1-2-7-19(18)16-30-26(29)24-21-9-3-4-10-23(21)28-25-17(11-12-22(24)25)14-20-8-5-13-31-20/h1-10,13-14H,11-12,16H2. The number of para-hydroxylation sites is 1. The number of allylic oxidation sites excluding steroid dienone is 1. The van der Waals surface area contributed by atoms with E-state index in [9.17, 15) is 10.1 Å². The number of nitriles is 1. The fraction of sp³-hybridized carbons (Fsp3) is 0.115. The van der Waals surface area contributed by atoms with E-state index < -0.39 is 0 Å². The van der Waals surface area contributed by atoms with Gasteiger partial charge in [0.2, 0.25) is 0 Å². The molecule has 2 heterocycles.